The van der Waals surface area contributed by atoms with Gasteiger partial charge in [-0.05, 0) is 68.3 Å². The summed E-state index contributed by atoms with van der Waals surface area (Å²) in [4.78, 5) is 40.7. The van der Waals surface area contributed by atoms with E-state index in [9.17, 15) is 9.59 Å². The molecule has 6 rings (SSSR count). The van der Waals surface area contributed by atoms with Crippen molar-refractivity contribution < 1.29 is 9.59 Å². The number of aromatic nitrogens is 5. The van der Waals surface area contributed by atoms with Crippen LogP contribution in [0.3, 0.4) is 0 Å². The van der Waals surface area contributed by atoms with Gasteiger partial charge >= 0.3 is 0 Å². The summed E-state index contributed by atoms with van der Waals surface area (Å²) in [6, 6.07) is 18.0. The molecule has 43 heavy (non-hydrogen) atoms. The van der Waals surface area contributed by atoms with E-state index >= 15 is 0 Å². The standard InChI is InChI=1S/C31H32N10O2/c1-19-12-13-34-25(15-19)38-31(43)21-10-8-20(9-11-21)28-27-29(33)35-18-36-30(27)41(39-28)22-5-4-14-40(16-22)17-26(42)37-24-7-3-2-6-23(24)32/h2-3,6-13,15,18,22H,4-5,14,16-17,32H2,1H3,(H,37,42)(H2,33,35,36)(H,34,38,43)/t22-/m1/s1. The van der Waals surface area contributed by atoms with Gasteiger partial charge in [0.05, 0.1) is 29.3 Å². The number of pyridine rings is 1. The Morgan fingerprint density at radius 1 is 1.00 bits per heavy atom. The van der Waals surface area contributed by atoms with Crippen LogP contribution in [-0.2, 0) is 4.79 Å². The van der Waals surface area contributed by atoms with E-state index in [1.165, 1.54) is 6.33 Å². The predicted octanol–water partition coefficient (Wildman–Crippen LogP) is 3.89. The second-order valence-corrected chi connectivity index (χ2v) is 10.7. The van der Waals surface area contributed by atoms with Gasteiger partial charge in [-0.2, -0.15) is 5.10 Å². The van der Waals surface area contributed by atoms with Gasteiger partial charge in [0.15, 0.2) is 5.65 Å². The Kier molecular flexibility index (Phi) is 7.67. The molecule has 1 aliphatic rings. The van der Waals surface area contributed by atoms with Crippen molar-refractivity contribution in [3.8, 4) is 11.3 Å². The Hall–Kier alpha value is -5.36. The van der Waals surface area contributed by atoms with Crippen LogP contribution in [0.2, 0.25) is 0 Å². The number of nitrogen functional groups attached to an aromatic ring is 2. The van der Waals surface area contributed by atoms with Crippen LogP contribution in [0.5, 0.6) is 0 Å². The molecule has 1 fully saturated rings. The molecule has 0 bridgehead atoms. The monoisotopic (exact) mass is 576 g/mol. The van der Waals surface area contributed by atoms with Crippen LogP contribution < -0.4 is 22.1 Å². The quantitative estimate of drug-likeness (QED) is 0.210. The minimum Gasteiger partial charge on any atom is -0.397 e. The first-order valence-electron chi connectivity index (χ1n) is 14.1. The Morgan fingerprint density at radius 3 is 2.60 bits per heavy atom. The van der Waals surface area contributed by atoms with Crippen LogP contribution >= 0.6 is 0 Å². The van der Waals surface area contributed by atoms with E-state index in [1.54, 1.807) is 30.5 Å². The van der Waals surface area contributed by atoms with E-state index in [-0.39, 0.29) is 24.4 Å². The van der Waals surface area contributed by atoms with Gasteiger partial charge in [0, 0.05) is 23.9 Å². The van der Waals surface area contributed by atoms with Crippen LogP contribution in [-0.4, -0.2) is 61.1 Å². The first-order valence-corrected chi connectivity index (χ1v) is 14.1. The molecule has 4 heterocycles. The molecule has 2 amide bonds. The van der Waals surface area contributed by atoms with E-state index < -0.39 is 0 Å². The van der Waals surface area contributed by atoms with E-state index in [1.807, 2.05) is 48.0 Å². The Bertz CT molecular complexity index is 1800. The fourth-order valence-electron chi connectivity index (χ4n) is 5.40. The molecule has 0 saturated carbocycles. The Balaban J connectivity index is 1.22. The largest absolute Gasteiger partial charge is 0.397 e. The minimum absolute atomic E-state index is 0.0271. The summed E-state index contributed by atoms with van der Waals surface area (Å²) in [5.74, 6) is 0.431. The summed E-state index contributed by atoms with van der Waals surface area (Å²) < 4.78 is 1.89. The van der Waals surface area contributed by atoms with Gasteiger partial charge in [-0.3, -0.25) is 14.5 Å². The number of piperidine rings is 1. The lowest BCUT2D eigenvalue weighted by molar-refractivity contribution is -0.117. The van der Waals surface area contributed by atoms with Crippen LogP contribution in [0, 0.1) is 6.92 Å². The van der Waals surface area contributed by atoms with Crippen molar-refractivity contribution in [2.45, 2.75) is 25.8 Å². The fraction of sp³-hybridized carbons (Fsp3) is 0.226. The third kappa shape index (κ3) is 5.99. The molecule has 1 saturated heterocycles. The number of fused-ring (bicyclic) bond motifs is 1. The van der Waals surface area contributed by atoms with Crippen molar-refractivity contribution in [2.75, 3.05) is 41.7 Å². The zero-order valence-corrected chi connectivity index (χ0v) is 23.7. The molecule has 0 radical (unpaired) electrons. The third-order valence-electron chi connectivity index (χ3n) is 7.52. The van der Waals surface area contributed by atoms with Crippen molar-refractivity contribution >= 4 is 45.9 Å². The molecule has 12 heteroatoms. The van der Waals surface area contributed by atoms with Gasteiger partial charge in [-0.15, -0.1) is 0 Å². The number of para-hydroxylation sites is 2. The third-order valence-corrected chi connectivity index (χ3v) is 7.52. The molecular weight excluding hydrogens is 544 g/mol. The predicted molar refractivity (Wildman–Crippen MR) is 166 cm³/mol. The van der Waals surface area contributed by atoms with Crippen LogP contribution in [0.1, 0.15) is 34.8 Å². The Labute approximate surface area is 248 Å². The molecular formula is C31H32N10O2. The lowest BCUT2D eigenvalue weighted by atomic mass is 10.1. The first kappa shape index (κ1) is 27.8. The molecule has 0 aliphatic carbocycles. The fourth-order valence-corrected chi connectivity index (χ4v) is 5.40. The van der Waals surface area contributed by atoms with Gasteiger partial charge in [-0.1, -0.05) is 24.3 Å². The number of hydrogen-bond acceptors (Lipinski definition) is 9. The maximum Gasteiger partial charge on any atom is 0.256 e. The number of hydrogen-bond donors (Lipinski definition) is 4. The topological polar surface area (TPSA) is 170 Å². The van der Waals surface area contributed by atoms with E-state index in [4.69, 9.17) is 16.6 Å². The van der Waals surface area contributed by atoms with Crippen LogP contribution in [0.4, 0.5) is 23.0 Å². The van der Waals surface area contributed by atoms with E-state index in [2.05, 4.69) is 30.5 Å². The molecule has 0 spiro atoms. The Morgan fingerprint density at radius 2 is 1.81 bits per heavy atom. The molecule has 5 aromatic rings. The number of likely N-dealkylation sites (tertiary alicyclic amines) is 1. The van der Waals surface area contributed by atoms with E-state index in [0.717, 1.165) is 30.5 Å². The number of aryl methyl sites for hydroxylation is 1. The molecule has 0 unspecified atom stereocenters. The number of anilines is 4. The second-order valence-electron chi connectivity index (χ2n) is 10.7. The van der Waals surface area contributed by atoms with Gasteiger partial charge in [-0.25, -0.2) is 19.6 Å². The smallest absolute Gasteiger partial charge is 0.256 e. The van der Waals surface area contributed by atoms with Crippen molar-refractivity contribution in [1.29, 1.82) is 0 Å². The van der Waals surface area contributed by atoms with Gasteiger partial charge in [0.25, 0.3) is 5.91 Å². The highest BCUT2D eigenvalue weighted by Gasteiger charge is 2.27. The lowest BCUT2D eigenvalue weighted by Crippen LogP contribution is -2.41. The normalized spacial score (nSPS) is 15.3. The average molecular weight is 577 g/mol. The molecule has 3 aromatic heterocycles. The molecule has 1 aliphatic heterocycles. The van der Waals surface area contributed by atoms with Crippen molar-refractivity contribution in [2.24, 2.45) is 0 Å². The summed E-state index contributed by atoms with van der Waals surface area (Å²) in [7, 11) is 0. The van der Waals surface area contributed by atoms with Gasteiger partial charge < -0.3 is 22.1 Å². The summed E-state index contributed by atoms with van der Waals surface area (Å²) in [6.07, 6.45) is 4.85. The average Bonchev–Trinajstić information content (AvgIpc) is 3.40. The number of carbonyl (C=O) groups excluding carboxylic acids is 2. The SMILES string of the molecule is Cc1ccnc(NC(=O)c2ccc(-c3nn([C@@H]4CCCN(CC(=O)Nc5ccccc5N)C4)c4ncnc(N)c34)cc2)c1. The number of benzene rings is 2. The second kappa shape index (κ2) is 11.9. The number of carbonyl (C=O) groups is 2. The molecule has 218 valence electrons. The summed E-state index contributed by atoms with van der Waals surface area (Å²) in [5.41, 5.74) is 17.0. The zero-order valence-electron chi connectivity index (χ0n) is 23.7. The number of nitrogens with zero attached hydrogens (tertiary/aromatic N) is 6. The molecule has 6 N–H and O–H groups in total. The number of nitrogens with one attached hydrogen (secondary N) is 2. The molecule has 12 nitrogen and oxygen atoms in total. The highest BCUT2D eigenvalue weighted by molar-refractivity contribution is 6.04. The molecule has 1 atom stereocenters. The van der Waals surface area contributed by atoms with Crippen LogP contribution in [0.15, 0.2) is 73.2 Å². The van der Waals surface area contributed by atoms with Gasteiger partial charge in [0.1, 0.15) is 23.7 Å². The number of amides is 2. The van der Waals surface area contributed by atoms with Crippen molar-refractivity contribution in [1.82, 2.24) is 29.6 Å². The number of nitrogens with two attached hydrogens (primary N) is 2. The molecule has 2 aromatic carbocycles. The van der Waals surface area contributed by atoms with Crippen molar-refractivity contribution in [3.63, 3.8) is 0 Å². The minimum atomic E-state index is -0.260. The number of rotatable bonds is 7. The summed E-state index contributed by atoms with van der Waals surface area (Å²) in [6.45, 7) is 3.58. The first-order chi connectivity index (χ1) is 20.9. The van der Waals surface area contributed by atoms with E-state index in [0.29, 0.717) is 51.8 Å². The lowest BCUT2D eigenvalue weighted by Gasteiger charge is -2.32. The summed E-state index contributed by atoms with van der Waals surface area (Å²) >= 11 is 0. The summed E-state index contributed by atoms with van der Waals surface area (Å²) in [5, 5.41) is 11.4. The maximum absolute atomic E-state index is 12.8. The van der Waals surface area contributed by atoms with Crippen molar-refractivity contribution in [3.05, 3.63) is 84.3 Å². The maximum atomic E-state index is 12.8. The zero-order chi connectivity index (χ0) is 29.9. The highest BCUT2D eigenvalue weighted by Crippen LogP contribution is 2.34. The van der Waals surface area contributed by atoms with Gasteiger partial charge in [0.2, 0.25) is 5.91 Å². The van der Waals surface area contributed by atoms with Crippen LogP contribution in [0.25, 0.3) is 22.3 Å². The highest BCUT2D eigenvalue weighted by atomic mass is 16.2.